The van der Waals surface area contributed by atoms with E-state index in [1.807, 2.05) is 0 Å². The Bertz CT molecular complexity index is 3850. The summed E-state index contributed by atoms with van der Waals surface area (Å²) in [6.07, 6.45) is 2.11. The highest BCUT2D eigenvalue weighted by Crippen LogP contribution is 2.50. The number of fused-ring (bicyclic) bond motifs is 8. The summed E-state index contributed by atoms with van der Waals surface area (Å²) in [5, 5.41) is 14.9. The van der Waals surface area contributed by atoms with Crippen LogP contribution in [0.3, 0.4) is 0 Å². The zero-order chi connectivity index (χ0) is 42.3. The fraction of sp³-hybridized carbons (Fsp3) is 0.0500. The first-order valence-corrected chi connectivity index (χ1v) is 24.3. The number of benzene rings is 10. The Morgan fingerprint density at radius 2 is 1.08 bits per heavy atom. The molecular weight excluding hydrogens is 793 g/mol. The highest BCUT2D eigenvalue weighted by atomic mass is 28.3. The van der Waals surface area contributed by atoms with E-state index in [9.17, 15) is 0 Å². The summed E-state index contributed by atoms with van der Waals surface area (Å²) in [4.78, 5) is 5.67. The third kappa shape index (κ3) is 4.67. The molecule has 1 unspecified atom stereocenters. The van der Waals surface area contributed by atoms with Crippen LogP contribution >= 0.6 is 0 Å². The summed E-state index contributed by atoms with van der Waals surface area (Å²) < 4.78 is 9.49. The maximum Gasteiger partial charge on any atom is 0.210 e. The van der Waals surface area contributed by atoms with Gasteiger partial charge in [0.25, 0.3) is 0 Å². The topological polar surface area (TPSA) is 27.1 Å². The number of para-hydroxylation sites is 3. The van der Waals surface area contributed by atoms with Gasteiger partial charge in [0.1, 0.15) is 11.5 Å². The lowest BCUT2D eigenvalue weighted by atomic mass is 9.81. The molecule has 10 aromatic carbocycles. The molecule has 1 aliphatic carbocycles. The van der Waals surface area contributed by atoms with E-state index in [-0.39, 0.29) is 5.41 Å². The van der Waals surface area contributed by atoms with Crippen LogP contribution in [-0.4, -0.2) is 17.6 Å². The van der Waals surface area contributed by atoms with E-state index in [0.717, 1.165) is 28.1 Å². The van der Waals surface area contributed by atoms with E-state index in [2.05, 4.69) is 225 Å². The molecule has 0 N–H and O–H groups in total. The van der Waals surface area contributed by atoms with Gasteiger partial charge >= 0.3 is 0 Å². The smallest absolute Gasteiger partial charge is 0.210 e. The maximum atomic E-state index is 7.13. The molecule has 0 fully saturated rings. The number of ether oxygens (including phenoxy) is 1. The predicted octanol–water partition coefficient (Wildman–Crippen LogP) is 12.5. The Labute approximate surface area is 371 Å². The molecule has 0 spiro atoms. The van der Waals surface area contributed by atoms with Crippen molar-refractivity contribution in [3.05, 3.63) is 218 Å². The molecule has 12 aromatic rings. The third-order valence-electron chi connectivity index (χ3n) is 14.7. The minimum absolute atomic E-state index is 0.0975. The van der Waals surface area contributed by atoms with Gasteiger partial charge in [-0.25, -0.2) is 0 Å². The molecule has 0 bridgehead atoms. The molecule has 0 saturated carbocycles. The van der Waals surface area contributed by atoms with Crippen molar-refractivity contribution >= 4 is 83.1 Å². The summed E-state index contributed by atoms with van der Waals surface area (Å²) in [7, 11) is -3.24. The fourth-order valence-corrected chi connectivity index (χ4v) is 16.7. The van der Waals surface area contributed by atoms with Crippen LogP contribution in [0.1, 0.15) is 25.0 Å². The van der Waals surface area contributed by atoms with Gasteiger partial charge in [0.05, 0.1) is 22.9 Å². The van der Waals surface area contributed by atoms with Crippen LogP contribution < -0.4 is 25.6 Å². The van der Waals surface area contributed by atoms with Crippen LogP contribution in [0.25, 0.3) is 82.1 Å². The molecule has 0 saturated heterocycles. The van der Waals surface area contributed by atoms with Gasteiger partial charge in [-0.3, -0.25) is 4.98 Å². The number of aromatic nitrogens is 2. The second-order valence-electron chi connectivity index (χ2n) is 18.2. The van der Waals surface area contributed by atoms with Crippen molar-refractivity contribution in [1.29, 1.82) is 0 Å². The van der Waals surface area contributed by atoms with E-state index in [1.165, 1.54) is 97.5 Å². The summed E-state index contributed by atoms with van der Waals surface area (Å²) in [6.45, 7) is 4.70. The molecule has 300 valence electrons. The first-order valence-electron chi connectivity index (χ1n) is 22.3. The van der Waals surface area contributed by atoms with Crippen molar-refractivity contribution in [3.8, 4) is 39.4 Å². The van der Waals surface area contributed by atoms with Crippen LogP contribution in [0.5, 0.6) is 11.5 Å². The lowest BCUT2D eigenvalue weighted by Crippen LogP contribution is -2.77. The predicted molar refractivity (Wildman–Crippen MR) is 269 cm³/mol. The number of nitrogens with zero attached hydrogens (tertiary/aromatic N) is 2. The molecule has 2 aliphatic rings. The van der Waals surface area contributed by atoms with Gasteiger partial charge in [0.15, 0.2) is 0 Å². The van der Waals surface area contributed by atoms with E-state index < -0.39 is 8.07 Å². The summed E-state index contributed by atoms with van der Waals surface area (Å²) in [6, 6.07) is 74.3. The van der Waals surface area contributed by atoms with E-state index in [0.29, 0.717) is 0 Å². The lowest BCUT2D eigenvalue weighted by Gasteiger charge is -2.39. The number of rotatable bonds is 4. The van der Waals surface area contributed by atoms with Gasteiger partial charge in [-0.15, -0.1) is 0 Å². The van der Waals surface area contributed by atoms with Gasteiger partial charge < -0.3 is 9.30 Å². The normalized spacial score (nSPS) is 16.0. The van der Waals surface area contributed by atoms with Gasteiger partial charge in [0, 0.05) is 21.5 Å². The van der Waals surface area contributed by atoms with E-state index in [1.54, 1.807) is 0 Å². The Hall–Kier alpha value is -7.79. The molecule has 1 atom stereocenters. The van der Waals surface area contributed by atoms with Crippen molar-refractivity contribution in [2.75, 3.05) is 0 Å². The Balaban J connectivity index is 1.04. The monoisotopic (exact) mass is 832 g/mol. The minimum atomic E-state index is -3.24. The molecule has 64 heavy (non-hydrogen) atoms. The van der Waals surface area contributed by atoms with Crippen molar-refractivity contribution in [3.63, 3.8) is 0 Å². The van der Waals surface area contributed by atoms with Crippen molar-refractivity contribution < 1.29 is 4.74 Å². The summed E-state index contributed by atoms with van der Waals surface area (Å²) in [5.74, 6) is 1.79. The Morgan fingerprint density at radius 3 is 1.88 bits per heavy atom. The molecule has 0 radical (unpaired) electrons. The molecule has 3 nitrogen and oxygen atoms in total. The van der Waals surface area contributed by atoms with E-state index >= 15 is 0 Å². The van der Waals surface area contributed by atoms with Gasteiger partial charge in [-0.05, 0) is 124 Å². The second-order valence-corrected chi connectivity index (χ2v) is 21.9. The fourth-order valence-electron chi connectivity index (χ4n) is 11.8. The Kier molecular flexibility index (Phi) is 7.20. The quantitative estimate of drug-likeness (QED) is 0.130. The van der Waals surface area contributed by atoms with Crippen LogP contribution in [0.2, 0.25) is 0 Å². The maximum absolute atomic E-state index is 7.13. The van der Waals surface area contributed by atoms with Gasteiger partial charge in [0.2, 0.25) is 8.07 Å². The van der Waals surface area contributed by atoms with Crippen LogP contribution in [-0.2, 0) is 5.41 Å². The molecule has 1 aliphatic heterocycles. The SMILES string of the molecule is CC1(C)c2ccccc2-c2ccc(-c3ccc4c(c3)Oc3ccccc3[Si]4(c3ccc(-n4c5ccccc5c5ccccc54)cn3)c3ccc4ccc5cccc6ccc3c4c56)cc21. The molecule has 3 heterocycles. The molecule has 2 aromatic heterocycles. The summed E-state index contributed by atoms with van der Waals surface area (Å²) >= 11 is 0. The van der Waals surface area contributed by atoms with Crippen LogP contribution in [0, 0.1) is 0 Å². The van der Waals surface area contributed by atoms with Crippen LogP contribution in [0.4, 0.5) is 0 Å². The van der Waals surface area contributed by atoms with Crippen molar-refractivity contribution in [1.82, 2.24) is 9.55 Å². The van der Waals surface area contributed by atoms with Crippen molar-refractivity contribution in [2.24, 2.45) is 0 Å². The molecule has 14 rings (SSSR count). The van der Waals surface area contributed by atoms with Gasteiger partial charge in [-0.2, -0.15) is 0 Å². The molecule has 4 heteroatoms. The minimum Gasteiger partial charge on any atom is -0.458 e. The van der Waals surface area contributed by atoms with Crippen LogP contribution in [0.15, 0.2) is 206 Å². The standard InChI is InChI=1S/C60H40N2OSi/c1-60(2)48-17-6-3-14-43(48)44-29-25-40(34-49(44)60)41-27-32-56-53(35-41)63-52-20-9-10-21-55(52)64(56,54-31-26-39-23-22-37-12-11-13-38-24-30-47(54)59(39)58(37)38)57-33-28-42(36-61-57)62-50-18-7-4-15-45(50)46-16-5-8-19-51(46)62/h3-36H,1-2H3. The average molecular weight is 833 g/mol. The van der Waals surface area contributed by atoms with Gasteiger partial charge in [-0.1, -0.05) is 172 Å². The average Bonchev–Trinajstić information content (AvgIpc) is 3.80. The lowest BCUT2D eigenvalue weighted by molar-refractivity contribution is 0.487. The van der Waals surface area contributed by atoms with E-state index in [4.69, 9.17) is 9.72 Å². The highest BCUT2D eigenvalue weighted by molar-refractivity contribution is 7.21. The summed E-state index contributed by atoms with van der Waals surface area (Å²) in [5.41, 5.74) is 11.0. The first kappa shape index (κ1) is 35.8. The zero-order valence-corrected chi connectivity index (χ0v) is 36.4. The largest absolute Gasteiger partial charge is 0.458 e. The third-order valence-corrected chi connectivity index (χ3v) is 19.5. The van der Waals surface area contributed by atoms with Crippen molar-refractivity contribution in [2.45, 2.75) is 19.3 Å². The number of pyridine rings is 1. The molecular formula is C60H40N2OSi. The highest BCUT2D eigenvalue weighted by Gasteiger charge is 2.50. The number of hydrogen-bond acceptors (Lipinski definition) is 2. The first-order chi connectivity index (χ1) is 31.5. The second kappa shape index (κ2) is 12.9. The number of hydrogen-bond donors (Lipinski definition) is 0. The molecule has 0 amide bonds. The Morgan fingerprint density at radius 1 is 0.453 bits per heavy atom. The zero-order valence-electron chi connectivity index (χ0n) is 35.4.